The molecule has 1 unspecified atom stereocenters. The number of rotatable bonds is 8. The molecular formula is C25H31N. The highest BCUT2D eigenvalue weighted by atomic mass is 15.2. The minimum Gasteiger partial charge on any atom is -0.291 e. The van der Waals surface area contributed by atoms with Crippen LogP contribution in [0, 0.1) is 0 Å². The molecule has 2 aromatic rings. The van der Waals surface area contributed by atoms with Crippen LogP contribution >= 0.6 is 0 Å². The number of hydrogen-bond acceptors (Lipinski definition) is 1. The van der Waals surface area contributed by atoms with Crippen molar-refractivity contribution >= 4 is 0 Å². The van der Waals surface area contributed by atoms with Gasteiger partial charge in [-0.05, 0) is 50.7 Å². The van der Waals surface area contributed by atoms with Gasteiger partial charge in [-0.2, -0.15) is 0 Å². The van der Waals surface area contributed by atoms with Crippen LogP contribution < -0.4 is 0 Å². The van der Waals surface area contributed by atoms with Gasteiger partial charge < -0.3 is 0 Å². The zero-order valence-corrected chi connectivity index (χ0v) is 16.2. The summed E-state index contributed by atoms with van der Waals surface area (Å²) in [7, 11) is 0. The van der Waals surface area contributed by atoms with E-state index < -0.39 is 0 Å². The topological polar surface area (TPSA) is 3.24 Å². The highest BCUT2D eigenvalue weighted by Crippen LogP contribution is 2.29. The van der Waals surface area contributed by atoms with E-state index in [1.165, 1.54) is 42.4 Å². The van der Waals surface area contributed by atoms with E-state index in [9.17, 15) is 0 Å². The molecule has 0 bridgehead atoms. The molecule has 0 heterocycles. The maximum absolute atomic E-state index is 2.66. The Morgan fingerprint density at radius 2 is 1.50 bits per heavy atom. The van der Waals surface area contributed by atoms with Crippen molar-refractivity contribution in [3.05, 3.63) is 95.1 Å². The molecule has 1 atom stereocenters. The predicted octanol–water partition coefficient (Wildman–Crippen LogP) is 6.52. The molecule has 0 amide bonds. The SMILES string of the molecule is CC(C)=CCCC1=CCC(N(Cc2ccccc2)Cc2ccccc2)C1. The van der Waals surface area contributed by atoms with Gasteiger partial charge in [-0.15, -0.1) is 0 Å². The lowest BCUT2D eigenvalue weighted by Gasteiger charge is -2.29. The molecule has 3 rings (SSSR count). The van der Waals surface area contributed by atoms with Gasteiger partial charge in [-0.3, -0.25) is 4.90 Å². The van der Waals surface area contributed by atoms with Gasteiger partial charge >= 0.3 is 0 Å². The molecule has 26 heavy (non-hydrogen) atoms. The van der Waals surface area contributed by atoms with Gasteiger partial charge in [-0.1, -0.05) is 84.0 Å². The van der Waals surface area contributed by atoms with Gasteiger partial charge in [0.15, 0.2) is 0 Å². The quantitative estimate of drug-likeness (QED) is 0.492. The van der Waals surface area contributed by atoms with Gasteiger partial charge in [0.2, 0.25) is 0 Å². The fourth-order valence-corrected chi connectivity index (χ4v) is 3.75. The Balaban J connectivity index is 1.65. The third-order valence-corrected chi connectivity index (χ3v) is 5.17. The van der Waals surface area contributed by atoms with Crippen molar-refractivity contribution in [3.8, 4) is 0 Å². The van der Waals surface area contributed by atoms with E-state index in [4.69, 9.17) is 0 Å². The Morgan fingerprint density at radius 1 is 0.923 bits per heavy atom. The van der Waals surface area contributed by atoms with Crippen molar-refractivity contribution in [1.29, 1.82) is 0 Å². The Bertz CT molecular complexity index is 682. The number of hydrogen-bond donors (Lipinski definition) is 0. The van der Waals surface area contributed by atoms with Crippen LogP contribution in [0.25, 0.3) is 0 Å². The van der Waals surface area contributed by atoms with Crippen molar-refractivity contribution in [2.75, 3.05) is 0 Å². The van der Waals surface area contributed by atoms with Crippen LogP contribution in [0.4, 0.5) is 0 Å². The fourth-order valence-electron chi connectivity index (χ4n) is 3.75. The highest BCUT2D eigenvalue weighted by Gasteiger charge is 2.23. The summed E-state index contributed by atoms with van der Waals surface area (Å²) in [5.74, 6) is 0. The summed E-state index contributed by atoms with van der Waals surface area (Å²) in [6.45, 7) is 6.42. The molecular weight excluding hydrogens is 314 g/mol. The van der Waals surface area contributed by atoms with E-state index in [1.807, 2.05) is 0 Å². The summed E-state index contributed by atoms with van der Waals surface area (Å²) in [6, 6.07) is 22.4. The molecule has 2 aromatic carbocycles. The van der Waals surface area contributed by atoms with Crippen molar-refractivity contribution in [2.45, 2.75) is 58.7 Å². The normalized spacial score (nSPS) is 16.6. The molecule has 0 fully saturated rings. The van der Waals surface area contributed by atoms with Crippen molar-refractivity contribution < 1.29 is 0 Å². The van der Waals surface area contributed by atoms with Crippen LogP contribution in [-0.2, 0) is 13.1 Å². The van der Waals surface area contributed by atoms with Crippen molar-refractivity contribution in [1.82, 2.24) is 4.90 Å². The largest absolute Gasteiger partial charge is 0.291 e. The molecule has 0 radical (unpaired) electrons. The fraction of sp³-hybridized carbons (Fsp3) is 0.360. The summed E-state index contributed by atoms with van der Waals surface area (Å²) in [5.41, 5.74) is 5.87. The Labute approximate surface area is 159 Å². The summed E-state index contributed by atoms with van der Waals surface area (Å²) in [5, 5.41) is 0. The zero-order valence-electron chi connectivity index (χ0n) is 16.2. The molecule has 1 nitrogen and oxygen atoms in total. The van der Waals surface area contributed by atoms with E-state index >= 15 is 0 Å². The average Bonchev–Trinajstić information content (AvgIpc) is 3.11. The second-order valence-corrected chi connectivity index (χ2v) is 7.65. The summed E-state index contributed by atoms with van der Waals surface area (Å²) >= 11 is 0. The lowest BCUT2D eigenvalue weighted by Crippen LogP contribution is -2.32. The Morgan fingerprint density at radius 3 is 2.04 bits per heavy atom. The molecule has 0 aliphatic heterocycles. The summed E-state index contributed by atoms with van der Waals surface area (Å²) in [6.07, 6.45) is 9.65. The number of nitrogens with zero attached hydrogens (tertiary/aromatic N) is 1. The minimum atomic E-state index is 0.622. The minimum absolute atomic E-state index is 0.622. The first-order chi connectivity index (χ1) is 12.7. The van der Waals surface area contributed by atoms with Crippen molar-refractivity contribution in [2.24, 2.45) is 0 Å². The average molecular weight is 346 g/mol. The Kier molecular flexibility index (Phi) is 6.85. The molecule has 0 aromatic heterocycles. The first-order valence-electron chi connectivity index (χ1n) is 9.84. The maximum Gasteiger partial charge on any atom is 0.0240 e. The van der Waals surface area contributed by atoms with Gasteiger partial charge in [-0.25, -0.2) is 0 Å². The van der Waals surface area contributed by atoms with Gasteiger partial charge in [0.05, 0.1) is 0 Å². The second kappa shape index (κ2) is 9.54. The van der Waals surface area contributed by atoms with Crippen LogP contribution in [0.3, 0.4) is 0 Å². The number of benzene rings is 2. The van der Waals surface area contributed by atoms with E-state index in [2.05, 4.69) is 91.6 Å². The first-order valence-corrected chi connectivity index (χ1v) is 9.84. The van der Waals surface area contributed by atoms with E-state index in [1.54, 1.807) is 5.57 Å². The first kappa shape index (κ1) is 18.7. The molecule has 0 N–H and O–H groups in total. The van der Waals surface area contributed by atoms with Crippen LogP contribution in [-0.4, -0.2) is 10.9 Å². The van der Waals surface area contributed by atoms with Gasteiger partial charge in [0.25, 0.3) is 0 Å². The third kappa shape index (κ3) is 5.71. The van der Waals surface area contributed by atoms with Crippen LogP contribution in [0.1, 0.15) is 50.7 Å². The highest BCUT2D eigenvalue weighted by molar-refractivity contribution is 5.20. The van der Waals surface area contributed by atoms with E-state index in [0.29, 0.717) is 6.04 Å². The van der Waals surface area contributed by atoms with Gasteiger partial charge in [0, 0.05) is 19.1 Å². The van der Waals surface area contributed by atoms with E-state index in [0.717, 1.165) is 13.1 Å². The molecule has 0 spiro atoms. The second-order valence-electron chi connectivity index (χ2n) is 7.65. The molecule has 136 valence electrons. The molecule has 1 heteroatoms. The number of allylic oxidation sites excluding steroid dienone is 2. The Hall–Kier alpha value is -2.12. The van der Waals surface area contributed by atoms with Gasteiger partial charge in [0.1, 0.15) is 0 Å². The molecule has 0 saturated carbocycles. The maximum atomic E-state index is 2.66. The lowest BCUT2D eigenvalue weighted by molar-refractivity contribution is 0.183. The molecule has 1 aliphatic carbocycles. The monoisotopic (exact) mass is 345 g/mol. The summed E-state index contributed by atoms with van der Waals surface area (Å²) in [4.78, 5) is 2.66. The third-order valence-electron chi connectivity index (χ3n) is 5.17. The smallest absolute Gasteiger partial charge is 0.0240 e. The molecule has 1 aliphatic rings. The standard InChI is InChI=1S/C25H31N/c1-21(2)10-9-15-22-16-17-25(18-22)26(19-23-11-5-3-6-12-23)20-24-13-7-4-8-14-24/h3-8,10-14,16,25H,9,15,17-20H2,1-2H3. The van der Waals surface area contributed by atoms with E-state index in [-0.39, 0.29) is 0 Å². The predicted molar refractivity (Wildman–Crippen MR) is 112 cm³/mol. The zero-order chi connectivity index (χ0) is 18.2. The summed E-state index contributed by atoms with van der Waals surface area (Å²) < 4.78 is 0. The van der Waals surface area contributed by atoms with Crippen molar-refractivity contribution in [3.63, 3.8) is 0 Å². The van der Waals surface area contributed by atoms with Crippen LogP contribution in [0.5, 0.6) is 0 Å². The van der Waals surface area contributed by atoms with Crippen LogP contribution in [0.15, 0.2) is 84.0 Å². The lowest BCUT2D eigenvalue weighted by atomic mass is 10.0. The molecule has 0 saturated heterocycles. The van der Waals surface area contributed by atoms with Crippen LogP contribution in [0.2, 0.25) is 0 Å².